The topological polar surface area (TPSA) is 62.7 Å². The smallest absolute Gasteiger partial charge is 0.305 e. The van der Waals surface area contributed by atoms with Crippen molar-refractivity contribution in [2.24, 2.45) is 10.9 Å². The summed E-state index contributed by atoms with van der Waals surface area (Å²) in [6.07, 6.45) is 8.50. The van der Waals surface area contributed by atoms with Gasteiger partial charge in [0.1, 0.15) is 0 Å². The van der Waals surface area contributed by atoms with E-state index in [9.17, 15) is 4.79 Å². The van der Waals surface area contributed by atoms with E-state index in [1.54, 1.807) is 7.05 Å². The highest BCUT2D eigenvalue weighted by Crippen LogP contribution is 2.11. The van der Waals surface area contributed by atoms with E-state index >= 15 is 0 Å². The summed E-state index contributed by atoms with van der Waals surface area (Å²) >= 11 is 0. The lowest BCUT2D eigenvalue weighted by Crippen LogP contribution is -2.40. The van der Waals surface area contributed by atoms with Crippen molar-refractivity contribution in [3.8, 4) is 0 Å². The third-order valence-electron chi connectivity index (χ3n) is 3.90. The average Bonchev–Trinajstić information content (AvgIpc) is 2.55. The van der Waals surface area contributed by atoms with Crippen LogP contribution in [0.2, 0.25) is 0 Å². The quantitative estimate of drug-likeness (QED) is 0.251. The molecule has 0 aromatic carbocycles. The molecule has 0 aliphatic carbocycles. The monoisotopic (exact) mass is 313 g/mol. The molecule has 0 saturated carbocycles. The van der Waals surface area contributed by atoms with E-state index in [1.165, 1.54) is 32.8 Å². The normalized spacial score (nSPS) is 12.8. The number of nitrogens with zero attached hydrogens (tertiary/aromatic N) is 1. The molecule has 5 nitrogen and oxygen atoms in total. The van der Waals surface area contributed by atoms with E-state index in [2.05, 4.69) is 34.2 Å². The molecule has 0 aliphatic heterocycles. The van der Waals surface area contributed by atoms with Crippen LogP contribution in [0, 0.1) is 5.92 Å². The Labute approximate surface area is 136 Å². The highest BCUT2D eigenvalue weighted by Gasteiger charge is 2.06. The largest absolute Gasteiger partial charge is 0.469 e. The molecule has 0 aliphatic rings. The maximum Gasteiger partial charge on any atom is 0.305 e. The van der Waals surface area contributed by atoms with E-state index < -0.39 is 0 Å². The Hall–Kier alpha value is -1.26. The number of hydrogen-bond acceptors (Lipinski definition) is 3. The van der Waals surface area contributed by atoms with Gasteiger partial charge in [0.15, 0.2) is 5.96 Å². The zero-order chi connectivity index (χ0) is 16.6. The van der Waals surface area contributed by atoms with Crippen molar-refractivity contribution in [1.82, 2.24) is 10.6 Å². The fourth-order valence-electron chi connectivity index (χ4n) is 2.28. The molecule has 130 valence electrons. The van der Waals surface area contributed by atoms with Gasteiger partial charge >= 0.3 is 5.97 Å². The van der Waals surface area contributed by atoms with Crippen molar-refractivity contribution in [2.45, 2.75) is 65.2 Å². The van der Waals surface area contributed by atoms with Gasteiger partial charge in [-0.15, -0.1) is 0 Å². The van der Waals surface area contributed by atoms with Gasteiger partial charge in [-0.25, -0.2) is 0 Å². The highest BCUT2D eigenvalue weighted by molar-refractivity contribution is 5.79. The van der Waals surface area contributed by atoms with Gasteiger partial charge in [-0.3, -0.25) is 9.79 Å². The zero-order valence-electron chi connectivity index (χ0n) is 14.9. The number of rotatable bonds is 12. The minimum atomic E-state index is -0.122. The molecule has 0 fully saturated rings. The van der Waals surface area contributed by atoms with Crippen LogP contribution in [0.3, 0.4) is 0 Å². The molecule has 0 saturated heterocycles. The van der Waals surface area contributed by atoms with Gasteiger partial charge in [-0.05, 0) is 25.2 Å². The number of unbranched alkanes of at least 4 members (excludes halogenated alkanes) is 3. The summed E-state index contributed by atoms with van der Waals surface area (Å²) in [5.41, 5.74) is 0. The number of carbonyl (C=O) groups excluding carboxylic acids is 1. The number of carbonyl (C=O) groups is 1. The van der Waals surface area contributed by atoms with Crippen LogP contribution in [-0.2, 0) is 9.53 Å². The van der Waals surface area contributed by atoms with Gasteiger partial charge in [-0.2, -0.15) is 0 Å². The van der Waals surface area contributed by atoms with Crippen molar-refractivity contribution in [1.29, 1.82) is 0 Å². The van der Waals surface area contributed by atoms with Crippen LogP contribution in [0.25, 0.3) is 0 Å². The van der Waals surface area contributed by atoms with Gasteiger partial charge in [0.2, 0.25) is 0 Å². The number of nitrogens with one attached hydrogen (secondary N) is 2. The third kappa shape index (κ3) is 11.4. The Morgan fingerprint density at radius 2 is 1.91 bits per heavy atom. The first-order chi connectivity index (χ1) is 10.7. The fraction of sp³-hybridized carbons (Fsp3) is 0.882. The second-order valence-corrected chi connectivity index (χ2v) is 5.68. The van der Waals surface area contributed by atoms with E-state index in [4.69, 9.17) is 0 Å². The molecule has 5 heteroatoms. The number of methoxy groups -OCH3 is 1. The third-order valence-corrected chi connectivity index (χ3v) is 3.90. The zero-order valence-corrected chi connectivity index (χ0v) is 14.9. The number of aliphatic imine (C=N–C) groups is 1. The Bertz CT molecular complexity index is 306. The lowest BCUT2D eigenvalue weighted by molar-refractivity contribution is -0.140. The number of guanidine groups is 1. The van der Waals surface area contributed by atoms with Crippen LogP contribution < -0.4 is 10.6 Å². The number of hydrogen-bond donors (Lipinski definition) is 2. The summed E-state index contributed by atoms with van der Waals surface area (Å²) in [5, 5.41) is 6.74. The number of esters is 1. The van der Waals surface area contributed by atoms with Crippen molar-refractivity contribution in [3.05, 3.63) is 0 Å². The molecule has 1 atom stereocenters. The second-order valence-electron chi connectivity index (χ2n) is 5.68. The van der Waals surface area contributed by atoms with Gasteiger partial charge < -0.3 is 15.4 Å². The van der Waals surface area contributed by atoms with Crippen molar-refractivity contribution in [2.75, 3.05) is 27.2 Å². The molecule has 0 aromatic rings. The molecule has 0 amide bonds. The summed E-state index contributed by atoms with van der Waals surface area (Å²) in [7, 11) is 3.24. The summed E-state index contributed by atoms with van der Waals surface area (Å²) in [5.74, 6) is 1.48. The van der Waals surface area contributed by atoms with Crippen LogP contribution in [-0.4, -0.2) is 39.2 Å². The molecule has 0 heterocycles. The first-order valence-electron chi connectivity index (χ1n) is 8.69. The predicted octanol–water partition coefficient (Wildman–Crippen LogP) is 3.10. The molecule has 1 unspecified atom stereocenters. The van der Waals surface area contributed by atoms with Crippen molar-refractivity contribution >= 4 is 11.9 Å². The van der Waals surface area contributed by atoms with Gasteiger partial charge in [0.05, 0.1) is 7.11 Å². The molecule has 0 spiro atoms. The second kappa shape index (κ2) is 14.7. The summed E-state index contributed by atoms with van der Waals surface area (Å²) < 4.78 is 4.62. The maximum absolute atomic E-state index is 11.0. The van der Waals surface area contributed by atoms with Crippen molar-refractivity contribution in [3.63, 3.8) is 0 Å². The summed E-state index contributed by atoms with van der Waals surface area (Å²) in [6, 6.07) is 0. The lowest BCUT2D eigenvalue weighted by atomic mass is 9.99. The van der Waals surface area contributed by atoms with Crippen molar-refractivity contribution < 1.29 is 9.53 Å². The Morgan fingerprint density at radius 3 is 2.50 bits per heavy atom. The molecule has 0 bridgehead atoms. The minimum Gasteiger partial charge on any atom is -0.469 e. The maximum atomic E-state index is 11.0. The van der Waals surface area contributed by atoms with E-state index in [0.29, 0.717) is 6.42 Å². The fourth-order valence-corrected chi connectivity index (χ4v) is 2.28. The summed E-state index contributed by atoms with van der Waals surface area (Å²) in [6.45, 7) is 6.35. The van der Waals surface area contributed by atoms with Gasteiger partial charge in [0, 0.05) is 26.6 Å². The van der Waals surface area contributed by atoms with Crippen LogP contribution >= 0.6 is 0 Å². The number of ether oxygens (including phenoxy) is 1. The Kier molecular flexibility index (Phi) is 13.8. The van der Waals surface area contributed by atoms with E-state index in [1.807, 2.05) is 0 Å². The molecular formula is C17H35N3O2. The van der Waals surface area contributed by atoms with Crippen LogP contribution in [0.5, 0.6) is 0 Å². The minimum absolute atomic E-state index is 0.122. The first-order valence-corrected chi connectivity index (χ1v) is 8.69. The average molecular weight is 313 g/mol. The Balaban J connectivity index is 3.72. The standard InChI is InChI=1S/C17H35N3O2/c1-5-7-11-15(6-2)14-20-17(18-3)19-13-10-8-9-12-16(21)22-4/h15H,5-14H2,1-4H3,(H2,18,19,20). The highest BCUT2D eigenvalue weighted by atomic mass is 16.5. The van der Waals surface area contributed by atoms with Gasteiger partial charge in [0.25, 0.3) is 0 Å². The lowest BCUT2D eigenvalue weighted by Gasteiger charge is -2.18. The predicted molar refractivity (Wildman–Crippen MR) is 93.2 cm³/mol. The SMILES string of the molecule is CCCCC(CC)CNC(=NC)NCCCCCC(=O)OC. The summed E-state index contributed by atoms with van der Waals surface area (Å²) in [4.78, 5) is 15.2. The van der Waals surface area contributed by atoms with Crippen LogP contribution in [0.15, 0.2) is 4.99 Å². The molecular weight excluding hydrogens is 278 g/mol. The van der Waals surface area contributed by atoms with Gasteiger partial charge in [-0.1, -0.05) is 39.5 Å². The Morgan fingerprint density at radius 1 is 1.14 bits per heavy atom. The molecule has 0 radical (unpaired) electrons. The van der Waals surface area contributed by atoms with Crippen LogP contribution in [0.1, 0.15) is 65.2 Å². The van der Waals surface area contributed by atoms with Crippen LogP contribution in [0.4, 0.5) is 0 Å². The molecule has 2 N–H and O–H groups in total. The molecule has 0 rings (SSSR count). The van der Waals surface area contributed by atoms with E-state index in [0.717, 1.165) is 44.2 Å². The molecule has 0 aromatic heterocycles. The van der Waals surface area contributed by atoms with E-state index in [-0.39, 0.29) is 5.97 Å². The first kappa shape index (κ1) is 20.7. The molecule has 22 heavy (non-hydrogen) atoms.